The fourth-order valence-corrected chi connectivity index (χ4v) is 22.9. The fourth-order valence-electron chi connectivity index (χ4n) is 18.2. The zero-order valence-electron chi connectivity index (χ0n) is 67.7. The van der Waals surface area contributed by atoms with E-state index in [4.69, 9.17) is 51.8 Å². The van der Waals surface area contributed by atoms with E-state index in [-0.39, 0.29) is 92.7 Å². The van der Waals surface area contributed by atoms with Crippen LogP contribution in [0.3, 0.4) is 0 Å². The summed E-state index contributed by atoms with van der Waals surface area (Å²) < 4.78 is 78.1. The number of carboxylic acid groups (broad SMARTS) is 1. The van der Waals surface area contributed by atoms with Gasteiger partial charge in [0, 0.05) is 88.9 Å². The molecule has 5 unspecified atom stereocenters. The molecule has 3 saturated carbocycles. The number of methoxy groups -OCH3 is 4. The third-order valence-electron chi connectivity index (χ3n) is 24.9. The van der Waals surface area contributed by atoms with E-state index in [0.717, 1.165) is 4.57 Å². The van der Waals surface area contributed by atoms with Crippen LogP contribution >= 0.6 is 65.9 Å². The molecule has 3 N–H and O–H groups in total. The molecule has 6 aliphatic rings. The number of carbonyl (C=O) groups excluding carboxylic acids is 2. The number of benzene rings is 3. The lowest BCUT2D eigenvalue weighted by molar-refractivity contribution is -0.138. The van der Waals surface area contributed by atoms with E-state index in [9.17, 15) is 24.3 Å². The van der Waals surface area contributed by atoms with Gasteiger partial charge in [-0.25, -0.2) is 19.4 Å². The maximum absolute atomic E-state index is 16.6. The molecule has 3 aliphatic carbocycles. The smallest absolute Gasteiger partial charge is 0.332 e. The van der Waals surface area contributed by atoms with Gasteiger partial charge in [0.15, 0.2) is 0 Å². The van der Waals surface area contributed by atoms with Crippen molar-refractivity contribution < 1.29 is 71.3 Å². The second-order valence-electron chi connectivity index (χ2n) is 32.0. The lowest BCUT2D eigenvalue weighted by atomic mass is 9.97. The van der Waals surface area contributed by atoms with Gasteiger partial charge in [-0.1, -0.05) is 36.4 Å². The van der Waals surface area contributed by atoms with Crippen LogP contribution in [0, 0.1) is 20.8 Å². The van der Waals surface area contributed by atoms with Gasteiger partial charge in [0.1, 0.15) is 56.3 Å². The molecule has 10 aromatic rings. The van der Waals surface area contributed by atoms with Crippen LogP contribution in [0.1, 0.15) is 158 Å². The van der Waals surface area contributed by atoms with Crippen LogP contribution in [0.4, 0.5) is 0 Å². The van der Waals surface area contributed by atoms with E-state index >= 15 is 24.0 Å². The molecule has 0 bridgehead atoms. The quantitative estimate of drug-likeness (QED) is 0.0322. The number of fused-ring (bicyclic) bond motifs is 3. The summed E-state index contributed by atoms with van der Waals surface area (Å²) in [5.41, 5.74) is -3.52. The van der Waals surface area contributed by atoms with E-state index in [1.54, 1.807) is 43.1 Å². The van der Waals surface area contributed by atoms with Crippen molar-refractivity contribution in [1.29, 1.82) is 0 Å². The molecule has 3 aliphatic heterocycles. The number of hydrogen-bond acceptors (Lipinski definition) is 24. The summed E-state index contributed by atoms with van der Waals surface area (Å²) in [6, 6.07) is 18.5. The van der Waals surface area contributed by atoms with Gasteiger partial charge in [0.05, 0.1) is 137 Å². The second kappa shape index (κ2) is 34.9. The highest BCUT2D eigenvalue weighted by molar-refractivity contribution is 9.11. The molecule has 6 fully saturated rings. The van der Waals surface area contributed by atoms with Crippen molar-refractivity contribution in [3.05, 3.63) is 188 Å². The van der Waals surface area contributed by atoms with Crippen LogP contribution in [0.2, 0.25) is 0 Å². The molecule has 16 rings (SSSR count). The number of carbonyl (C=O) groups is 3. The number of nitrogens with zero attached hydrogens (tertiary/aromatic N) is 7. The maximum atomic E-state index is 16.6. The van der Waals surface area contributed by atoms with Gasteiger partial charge in [0.25, 0.3) is 16.7 Å². The summed E-state index contributed by atoms with van der Waals surface area (Å²) in [4.78, 5) is 142. The van der Waals surface area contributed by atoms with Crippen LogP contribution in [-0.4, -0.2) is 162 Å². The molecule has 3 aromatic carbocycles. The number of nitrogens with one attached hydrogen (secondary N) is 2. The number of oxazole rings is 1. The Morgan fingerprint density at radius 3 is 1.49 bits per heavy atom. The first-order chi connectivity index (χ1) is 57.9. The van der Waals surface area contributed by atoms with Gasteiger partial charge in [-0.05, 0) is 169 Å². The van der Waals surface area contributed by atoms with Crippen molar-refractivity contribution in [2.24, 2.45) is 0 Å². The Labute approximate surface area is 716 Å². The predicted octanol–water partition coefficient (Wildman–Crippen LogP) is 11.3. The van der Waals surface area contributed by atoms with Gasteiger partial charge in [-0.3, -0.25) is 56.2 Å². The largest absolute Gasteiger partial charge is 0.496 e. The van der Waals surface area contributed by atoms with E-state index in [1.165, 1.54) is 88.5 Å². The number of aromatic nitrogens is 7. The van der Waals surface area contributed by atoms with Crippen molar-refractivity contribution in [2.45, 2.75) is 189 Å². The number of rotatable bonds is 33. The fraction of sp³-hybridized carbons (Fsp3) is 0.506. The number of hydrogen-bond donors (Lipinski definition) is 3. The van der Waals surface area contributed by atoms with Crippen molar-refractivity contribution in [3.63, 3.8) is 0 Å². The number of halogens is 2. The molecule has 3 saturated heterocycles. The van der Waals surface area contributed by atoms with Gasteiger partial charge in [0.2, 0.25) is 17.7 Å². The van der Waals surface area contributed by atoms with E-state index in [0.29, 0.717) is 180 Å². The van der Waals surface area contributed by atoms with Crippen LogP contribution < -0.4 is 58.6 Å². The molecule has 120 heavy (non-hydrogen) atoms. The molecule has 0 spiro atoms. The Morgan fingerprint density at radius 1 is 0.558 bits per heavy atom. The molecule has 10 heterocycles. The SMILES string of the molecule is CNC(=O)CC1(n2c(=O)c3c(C)c(Br)sc3n(C[C@H](OC3CCOCC3)c3ccc(C4CC4(CC(=O)NCCOC)n4c(=O)c5c(C)c(-c6ncco6)sc5n(CC(OC5CCOCC5)c5ccccc5OC)c4=O)cc3OC)c2=O)CC1c1ccc(OC)c([C@H](Cn2c(=O)n(C3(CC(=O)O)CC3)c(=O)c3c(C)c(Br)sc32)OC2CCOCC2)c1. The summed E-state index contributed by atoms with van der Waals surface area (Å²) in [5, 5.41) is 16.6. The normalized spacial score (nSPS) is 20.8. The number of amides is 2. The zero-order valence-corrected chi connectivity index (χ0v) is 73.4. The van der Waals surface area contributed by atoms with E-state index < -0.39 is 111 Å². The minimum atomic E-state index is -1.50. The number of thiophene rings is 3. The average Bonchev–Trinajstić information content (AvgIpc) is 1.53. The predicted molar refractivity (Wildman–Crippen MR) is 456 cm³/mol. The van der Waals surface area contributed by atoms with Crippen LogP contribution in [0.15, 0.2) is 114 Å². The minimum absolute atomic E-state index is 0.0782. The average molecular weight is 1830 g/mol. The molecular weight excluding hydrogens is 1740 g/mol. The number of aliphatic carboxylic acids is 1. The topological polar surface area (TPSA) is 346 Å². The van der Waals surface area contributed by atoms with Crippen LogP contribution in [0.5, 0.6) is 17.2 Å². The van der Waals surface area contributed by atoms with Crippen LogP contribution in [0.25, 0.3) is 41.4 Å². The lowest BCUT2D eigenvalue weighted by Gasteiger charge is -2.30. The van der Waals surface area contributed by atoms with Crippen molar-refractivity contribution in [1.82, 2.24) is 43.0 Å². The van der Waals surface area contributed by atoms with Gasteiger partial charge in [-0.2, -0.15) is 0 Å². The monoisotopic (exact) mass is 1830 g/mol. The van der Waals surface area contributed by atoms with Gasteiger partial charge >= 0.3 is 23.0 Å². The standard InChI is InChI=1S/C85H95Br2N9O21S3/c1-45-67-75(102)95(81(105)91(77(67)118-70(45)73-90-26-34-114-73)42-61(115-50-17-27-111-28-18-50)53-11-9-10-12-58(53)108-6)85(40-65(98)89-25-33-107-5)38-57(85)49-13-15-54(60(36-49)110-8)62(116-51-19-29-112-30-20-51)43-93-79-69(47(3)72(87)120-79)76(103)96(82(93)106)84(39-64(97)88-4)37-56(84)48-14-16-59(109-7)55(35-48)63(117-52-21-31-113-32-22-52)44-92-78-68(46(2)71(86)119-78)74(101)94(80(92)104)83(23-24-83)41-66(99)100/h9-16,26,34-36,50-52,56-57,61-63H,17-25,27-33,37-44H2,1-8H3,(H,88,97)(H,89,98)(H,99,100)/t56?,57?,61?,62-,63-,84?,85?/m0/s1. The minimum Gasteiger partial charge on any atom is -0.496 e. The summed E-state index contributed by atoms with van der Waals surface area (Å²) in [6.45, 7) is 7.83. The van der Waals surface area contributed by atoms with Crippen LogP contribution in [-0.2, 0) is 83.8 Å². The van der Waals surface area contributed by atoms with Gasteiger partial charge in [-0.15, -0.1) is 34.0 Å². The van der Waals surface area contributed by atoms with Crippen molar-refractivity contribution in [2.75, 3.05) is 88.3 Å². The third-order valence-corrected chi connectivity index (χ3v) is 30.5. The summed E-state index contributed by atoms with van der Waals surface area (Å²) in [7, 11) is 7.62. The van der Waals surface area contributed by atoms with E-state index in [1.807, 2.05) is 54.6 Å². The lowest BCUT2D eigenvalue weighted by Crippen LogP contribution is -2.48. The molecule has 30 nitrogen and oxygen atoms in total. The summed E-state index contributed by atoms with van der Waals surface area (Å²) in [6.07, 6.45) is 2.25. The van der Waals surface area contributed by atoms with Crippen molar-refractivity contribution >= 4 is 114 Å². The Balaban J connectivity index is 0.803. The molecule has 0 radical (unpaired) electrons. The molecule has 7 aromatic heterocycles. The highest BCUT2D eigenvalue weighted by atomic mass is 79.9. The Kier molecular flexibility index (Phi) is 24.7. The second-order valence-corrected chi connectivity index (χ2v) is 37.6. The molecule has 35 heteroatoms. The summed E-state index contributed by atoms with van der Waals surface area (Å²) in [5.74, 6) is -1.90. The molecule has 638 valence electrons. The number of carboxylic acids is 1. The zero-order chi connectivity index (χ0) is 84.4. The number of para-hydroxylation sites is 1. The first kappa shape index (κ1) is 84.9. The summed E-state index contributed by atoms with van der Waals surface area (Å²) >= 11 is 11.0. The Hall–Kier alpha value is -8.72. The first-order valence-corrected chi connectivity index (χ1v) is 44.4. The Morgan fingerprint density at radius 2 is 1.01 bits per heavy atom. The maximum Gasteiger partial charge on any atom is 0.332 e. The number of aryl methyl sites for hydroxylation is 3. The highest BCUT2D eigenvalue weighted by Crippen LogP contribution is 2.61. The van der Waals surface area contributed by atoms with Crippen molar-refractivity contribution in [3.8, 4) is 28.0 Å². The first-order valence-electron chi connectivity index (χ1n) is 40.4. The number of ether oxygens (including phenoxy) is 10. The Bertz CT molecular complexity index is 6000. The van der Waals surface area contributed by atoms with E-state index in [2.05, 4.69) is 47.5 Å². The highest BCUT2D eigenvalue weighted by Gasteiger charge is 2.61. The third kappa shape index (κ3) is 15.9. The van der Waals surface area contributed by atoms with Gasteiger partial charge < -0.3 is 67.5 Å². The molecule has 2 amide bonds. The molecule has 7 atom stereocenters. The molecular formula is C85H95Br2N9O21S3.